The molecular formula is C21H24F2N4O2. The summed E-state index contributed by atoms with van der Waals surface area (Å²) in [6, 6.07) is 5.34. The summed E-state index contributed by atoms with van der Waals surface area (Å²) in [6.45, 7) is 7.95. The molecular weight excluding hydrogens is 378 g/mol. The SMILES string of the molecule is CC(C)(O)Cn1nc2c(Cc3ccc(F)cc3F)cc3c(n2c1=O)C(C)(C)CN3. The maximum atomic E-state index is 14.3. The largest absolute Gasteiger partial charge is 0.389 e. The highest BCUT2D eigenvalue weighted by Crippen LogP contribution is 2.37. The molecule has 0 unspecified atom stereocenters. The van der Waals surface area contributed by atoms with Crippen LogP contribution in [0.25, 0.3) is 5.65 Å². The fourth-order valence-electron chi connectivity index (χ4n) is 3.92. The van der Waals surface area contributed by atoms with E-state index in [9.17, 15) is 18.7 Å². The third kappa shape index (κ3) is 3.42. The Hall–Kier alpha value is -2.74. The molecule has 2 aromatic heterocycles. The molecule has 154 valence electrons. The lowest BCUT2D eigenvalue weighted by molar-refractivity contribution is 0.0566. The highest BCUT2D eigenvalue weighted by molar-refractivity contribution is 5.66. The first-order valence-electron chi connectivity index (χ1n) is 9.52. The fraction of sp³-hybridized carbons (Fsp3) is 0.429. The van der Waals surface area contributed by atoms with Crippen LogP contribution in [0.2, 0.25) is 0 Å². The van der Waals surface area contributed by atoms with E-state index in [0.717, 1.165) is 17.4 Å². The maximum absolute atomic E-state index is 14.3. The zero-order chi connectivity index (χ0) is 21.1. The number of anilines is 1. The molecule has 0 saturated heterocycles. The highest BCUT2D eigenvalue weighted by Gasteiger charge is 2.35. The van der Waals surface area contributed by atoms with Gasteiger partial charge in [0.05, 0.1) is 23.5 Å². The number of rotatable bonds is 4. The van der Waals surface area contributed by atoms with Gasteiger partial charge in [0, 0.05) is 30.0 Å². The molecule has 0 saturated carbocycles. The van der Waals surface area contributed by atoms with Crippen molar-refractivity contribution in [2.45, 2.75) is 51.7 Å². The number of hydrogen-bond donors (Lipinski definition) is 2. The van der Waals surface area contributed by atoms with Crippen LogP contribution in [0.3, 0.4) is 0 Å². The number of nitrogens with one attached hydrogen (secondary N) is 1. The van der Waals surface area contributed by atoms with Crippen molar-refractivity contribution in [3.63, 3.8) is 0 Å². The molecule has 4 rings (SSSR count). The van der Waals surface area contributed by atoms with Crippen molar-refractivity contribution < 1.29 is 13.9 Å². The molecule has 29 heavy (non-hydrogen) atoms. The predicted octanol–water partition coefficient (Wildman–Crippen LogP) is 2.84. The lowest BCUT2D eigenvalue weighted by atomic mass is 9.90. The van der Waals surface area contributed by atoms with E-state index >= 15 is 0 Å². The van der Waals surface area contributed by atoms with Gasteiger partial charge in [0.1, 0.15) is 11.6 Å². The van der Waals surface area contributed by atoms with E-state index in [1.807, 2.05) is 19.9 Å². The number of halogens is 2. The number of nitrogens with zero attached hydrogens (tertiary/aromatic N) is 3. The number of benzene rings is 1. The van der Waals surface area contributed by atoms with Gasteiger partial charge in [0.2, 0.25) is 0 Å². The summed E-state index contributed by atoms with van der Waals surface area (Å²) < 4.78 is 30.3. The van der Waals surface area contributed by atoms with E-state index in [0.29, 0.717) is 23.3 Å². The van der Waals surface area contributed by atoms with Crippen LogP contribution in [0.1, 0.15) is 44.5 Å². The second kappa shape index (κ2) is 6.38. The van der Waals surface area contributed by atoms with Gasteiger partial charge in [-0.2, -0.15) is 0 Å². The molecule has 1 aromatic carbocycles. The van der Waals surface area contributed by atoms with Crippen molar-refractivity contribution in [2.75, 3.05) is 11.9 Å². The van der Waals surface area contributed by atoms with Gasteiger partial charge in [0.15, 0.2) is 5.65 Å². The summed E-state index contributed by atoms with van der Waals surface area (Å²) in [5, 5.41) is 18.0. The number of aromatic nitrogens is 3. The first-order valence-corrected chi connectivity index (χ1v) is 9.52. The van der Waals surface area contributed by atoms with Crippen molar-refractivity contribution in [1.29, 1.82) is 0 Å². The third-order valence-electron chi connectivity index (χ3n) is 5.22. The van der Waals surface area contributed by atoms with Gasteiger partial charge in [-0.05, 0) is 31.5 Å². The summed E-state index contributed by atoms with van der Waals surface area (Å²) in [6.07, 6.45) is 0.157. The molecule has 3 aromatic rings. The average Bonchev–Trinajstić information content (AvgIpc) is 3.06. The summed E-state index contributed by atoms with van der Waals surface area (Å²) in [7, 11) is 0. The van der Waals surface area contributed by atoms with Gasteiger partial charge in [-0.1, -0.05) is 19.9 Å². The molecule has 6 nitrogen and oxygen atoms in total. The summed E-state index contributed by atoms with van der Waals surface area (Å²) in [5.74, 6) is -1.28. The first-order chi connectivity index (χ1) is 13.5. The van der Waals surface area contributed by atoms with E-state index in [4.69, 9.17) is 0 Å². The Morgan fingerprint density at radius 3 is 2.62 bits per heavy atom. The van der Waals surface area contributed by atoms with Crippen LogP contribution in [-0.2, 0) is 18.4 Å². The summed E-state index contributed by atoms with van der Waals surface area (Å²) >= 11 is 0. The van der Waals surface area contributed by atoms with Crippen LogP contribution in [0.5, 0.6) is 0 Å². The van der Waals surface area contributed by atoms with Gasteiger partial charge in [0.25, 0.3) is 0 Å². The molecule has 1 aliphatic rings. The van der Waals surface area contributed by atoms with E-state index in [1.165, 1.54) is 16.8 Å². The Bertz CT molecular complexity index is 1170. The lowest BCUT2D eigenvalue weighted by Gasteiger charge is -2.18. The molecule has 0 amide bonds. The van der Waals surface area contributed by atoms with Crippen LogP contribution in [0.4, 0.5) is 14.5 Å². The van der Waals surface area contributed by atoms with E-state index in [-0.39, 0.29) is 24.1 Å². The lowest BCUT2D eigenvalue weighted by Crippen LogP contribution is -2.34. The van der Waals surface area contributed by atoms with Crippen LogP contribution < -0.4 is 11.0 Å². The van der Waals surface area contributed by atoms with Gasteiger partial charge in [-0.3, -0.25) is 0 Å². The van der Waals surface area contributed by atoms with Crippen molar-refractivity contribution in [3.8, 4) is 0 Å². The average molecular weight is 402 g/mol. The quantitative estimate of drug-likeness (QED) is 0.704. The maximum Gasteiger partial charge on any atom is 0.350 e. The normalized spacial score (nSPS) is 15.6. The molecule has 0 spiro atoms. The molecule has 1 aliphatic heterocycles. The minimum Gasteiger partial charge on any atom is -0.389 e. The molecule has 2 N–H and O–H groups in total. The number of pyridine rings is 1. The molecule has 0 aliphatic carbocycles. The zero-order valence-electron chi connectivity index (χ0n) is 16.9. The van der Waals surface area contributed by atoms with Crippen molar-refractivity contribution >= 4 is 11.3 Å². The van der Waals surface area contributed by atoms with Crippen LogP contribution in [-0.4, -0.2) is 31.4 Å². The van der Waals surface area contributed by atoms with Crippen LogP contribution in [0.15, 0.2) is 29.1 Å². The Morgan fingerprint density at radius 1 is 1.24 bits per heavy atom. The molecule has 0 atom stereocenters. The second-order valence-electron chi connectivity index (χ2n) is 8.99. The van der Waals surface area contributed by atoms with E-state index in [2.05, 4.69) is 10.4 Å². The van der Waals surface area contributed by atoms with E-state index < -0.39 is 17.2 Å². The predicted molar refractivity (Wildman–Crippen MR) is 106 cm³/mol. The molecule has 8 heteroatoms. The molecule has 0 radical (unpaired) electrons. The Morgan fingerprint density at radius 2 is 1.97 bits per heavy atom. The van der Waals surface area contributed by atoms with Crippen molar-refractivity contribution in [1.82, 2.24) is 14.2 Å². The second-order valence-corrected chi connectivity index (χ2v) is 8.99. The Labute approximate surface area is 166 Å². The summed E-state index contributed by atoms with van der Waals surface area (Å²) in [5.41, 5.74) is 1.20. The van der Waals surface area contributed by atoms with Gasteiger partial charge in [-0.15, -0.1) is 5.10 Å². The minimum atomic E-state index is -1.12. The standard InChI is InChI=1S/C21H24F2N4O2/c1-20(2)10-24-16-8-13(7-12-5-6-14(22)9-15(12)23)18-25-26(11-21(3,4)29)19(28)27(18)17(16)20/h5-6,8-9,24,29H,7,10-11H2,1-4H3. The monoisotopic (exact) mass is 402 g/mol. The van der Waals surface area contributed by atoms with Crippen molar-refractivity contribution in [3.05, 3.63) is 63.2 Å². The van der Waals surface area contributed by atoms with E-state index in [1.54, 1.807) is 18.2 Å². The number of fused-ring (bicyclic) bond motifs is 3. The Balaban J connectivity index is 1.95. The Kier molecular flexibility index (Phi) is 4.31. The molecule has 0 fully saturated rings. The summed E-state index contributed by atoms with van der Waals surface area (Å²) in [4.78, 5) is 13.2. The van der Waals surface area contributed by atoms with Gasteiger partial charge < -0.3 is 10.4 Å². The van der Waals surface area contributed by atoms with Crippen molar-refractivity contribution in [2.24, 2.45) is 0 Å². The van der Waals surface area contributed by atoms with Gasteiger partial charge >= 0.3 is 5.69 Å². The van der Waals surface area contributed by atoms with Gasteiger partial charge in [-0.25, -0.2) is 22.7 Å². The first kappa shape index (κ1) is 19.6. The topological polar surface area (TPSA) is 71.6 Å². The highest BCUT2D eigenvalue weighted by atomic mass is 19.1. The zero-order valence-corrected chi connectivity index (χ0v) is 16.9. The number of aliphatic hydroxyl groups is 1. The number of hydrogen-bond acceptors (Lipinski definition) is 4. The van der Waals surface area contributed by atoms with Crippen LogP contribution in [0, 0.1) is 11.6 Å². The smallest absolute Gasteiger partial charge is 0.350 e. The molecule has 0 bridgehead atoms. The third-order valence-corrected chi connectivity index (χ3v) is 5.22. The molecule has 3 heterocycles. The van der Waals surface area contributed by atoms with Crippen LogP contribution >= 0.6 is 0 Å². The fourth-order valence-corrected chi connectivity index (χ4v) is 3.92. The minimum absolute atomic E-state index is 0.0283.